The second-order valence-corrected chi connectivity index (χ2v) is 16.4. The molecule has 41 heavy (non-hydrogen) atoms. The third-order valence-corrected chi connectivity index (χ3v) is 10.7. The summed E-state index contributed by atoms with van der Waals surface area (Å²) in [7, 11) is -2.94. The van der Waals surface area contributed by atoms with Crippen molar-refractivity contribution >= 4 is 15.7 Å². The first kappa shape index (κ1) is 30.2. The molecule has 5 rings (SSSR count). The molecule has 226 valence electrons. The van der Waals surface area contributed by atoms with Crippen molar-refractivity contribution in [1.82, 2.24) is 9.88 Å². The van der Waals surface area contributed by atoms with Gasteiger partial charge in [0.25, 0.3) is 5.91 Å². The van der Waals surface area contributed by atoms with Crippen molar-refractivity contribution in [3.05, 3.63) is 40.6 Å². The Morgan fingerprint density at radius 3 is 2.44 bits per heavy atom. The van der Waals surface area contributed by atoms with Gasteiger partial charge in [-0.3, -0.25) is 4.79 Å². The van der Waals surface area contributed by atoms with Gasteiger partial charge in [-0.2, -0.15) is 0 Å². The van der Waals surface area contributed by atoms with Crippen LogP contribution < -0.4 is 10.1 Å². The summed E-state index contributed by atoms with van der Waals surface area (Å²) in [6.07, 6.45) is 13.4. The van der Waals surface area contributed by atoms with Crippen molar-refractivity contribution in [2.45, 2.75) is 116 Å². The van der Waals surface area contributed by atoms with Crippen LogP contribution in [0.4, 0.5) is 0 Å². The summed E-state index contributed by atoms with van der Waals surface area (Å²) < 4.78 is 31.6. The van der Waals surface area contributed by atoms with Gasteiger partial charge in [-0.1, -0.05) is 46.5 Å². The number of carbonyl (C=O) groups is 1. The highest BCUT2D eigenvalue weighted by atomic mass is 32.2. The number of aromatic nitrogens is 1. The normalized spacial score (nSPS) is 18.7. The lowest BCUT2D eigenvalue weighted by Gasteiger charge is -2.33. The zero-order valence-electron chi connectivity index (χ0n) is 25.9. The van der Waals surface area contributed by atoms with E-state index in [1.165, 1.54) is 67.9 Å². The van der Waals surface area contributed by atoms with Gasteiger partial charge in [-0.15, -0.1) is 0 Å². The van der Waals surface area contributed by atoms with E-state index in [2.05, 4.69) is 55.8 Å². The van der Waals surface area contributed by atoms with E-state index in [4.69, 9.17) is 4.74 Å². The number of rotatable bonds is 10. The van der Waals surface area contributed by atoms with Crippen molar-refractivity contribution in [3.8, 4) is 17.0 Å². The summed E-state index contributed by atoms with van der Waals surface area (Å²) in [6, 6.07) is 6.83. The Morgan fingerprint density at radius 1 is 1.05 bits per heavy atom. The fraction of sp³-hybridized carbons (Fsp3) is 0.676. The molecule has 2 fully saturated rings. The van der Waals surface area contributed by atoms with Gasteiger partial charge in [-0.25, -0.2) is 8.42 Å². The van der Waals surface area contributed by atoms with Crippen molar-refractivity contribution in [2.75, 3.05) is 25.2 Å². The first-order valence-corrected chi connectivity index (χ1v) is 17.9. The van der Waals surface area contributed by atoms with E-state index in [1.54, 1.807) is 0 Å². The van der Waals surface area contributed by atoms with Crippen LogP contribution in [0.25, 0.3) is 11.3 Å². The smallest absolute Gasteiger partial charge is 0.253 e. The summed E-state index contributed by atoms with van der Waals surface area (Å²) in [5.41, 5.74) is 6.96. The van der Waals surface area contributed by atoms with Crippen LogP contribution in [0.5, 0.6) is 5.75 Å². The molecular weight excluding hydrogens is 532 g/mol. The van der Waals surface area contributed by atoms with Gasteiger partial charge in [0.1, 0.15) is 15.6 Å². The average Bonchev–Trinajstić information content (AvgIpc) is 3.61. The molecule has 0 radical (unpaired) electrons. The molecule has 0 unspecified atom stereocenters. The highest BCUT2D eigenvalue weighted by Gasteiger charge is 2.49. The Hall–Kier alpha value is -2.28. The lowest BCUT2D eigenvalue weighted by molar-refractivity contribution is 0.0952. The molecule has 6 nitrogen and oxygen atoms in total. The minimum absolute atomic E-state index is 0.0368. The highest BCUT2D eigenvalue weighted by molar-refractivity contribution is 7.90. The molecule has 1 amide bonds. The number of carbonyl (C=O) groups excluding carboxylic acids is 1. The lowest BCUT2D eigenvalue weighted by atomic mass is 9.79. The largest absolute Gasteiger partial charge is 0.493 e. The molecule has 2 saturated carbocycles. The van der Waals surface area contributed by atoms with Gasteiger partial charge in [0, 0.05) is 53.0 Å². The maximum absolute atomic E-state index is 13.5. The number of sulfone groups is 1. The lowest BCUT2D eigenvalue weighted by Crippen LogP contribution is -2.25. The Labute approximate surface area is 247 Å². The van der Waals surface area contributed by atoms with Gasteiger partial charge in [-0.05, 0) is 87.0 Å². The maximum Gasteiger partial charge on any atom is 0.253 e. The predicted molar refractivity (Wildman–Crippen MR) is 167 cm³/mol. The molecule has 0 bridgehead atoms. The van der Waals surface area contributed by atoms with Crippen molar-refractivity contribution in [3.63, 3.8) is 0 Å². The minimum Gasteiger partial charge on any atom is -0.493 e. The molecule has 1 spiro atoms. The van der Waals surface area contributed by atoms with Gasteiger partial charge in [0.2, 0.25) is 0 Å². The van der Waals surface area contributed by atoms with Crippen LogP contribution in [0.3, 0.4) is 0 Å². The number of hydrogen-bond acceptors (Lipinski definition) is 4. The molecular formula is C34H50N2O4S. The average molecular weight is 583 g/mol. The molecule has 2 heterocycles. The van der Waals surface area contributed by atoms with Crippen LogP contribution in [-0.2, 0) is 27.2 Å². The summed E-state index contributed by atoms with van der Waals surface area (Å²) in [5, 5.41) is 3.12. The Morgan fingerprint density at radius 2 is 1.78 bits per heavy atom. The minimum atomic E-state index is -2.94. The van der Waals surface area contributed by atoms with Gasteiger partial charge < -0.3 is 14.6 Å². The molecule has 0 atom stereocenters. The van der Waals surface area contributed by atoms with Crippen molar-refractivity contribution in [1.29, 1.82) is 0 Å². The number of hydrogen-bond donors (Lipinski definition) is 1. The monoisotopic (exact) mass is 582 g/mol. The third kappa shape index (κ3) is 6.87. The van der Waals surface area contributed by atoms with E-state index in [-0.39, 0.29) is 22.5 Å². The zero-order chi connectivity index (χ0) is 29.4. The highest BCUT2D eigenvalue weighted by Crippen LogP contribution is 2.58. The number of unbranched alkanes of at least 4 members (excludes halogenated alkanes) is 2. The number of nitrogens with zero attached hydrogens (tertiary/aromatic N) is 1. The topological polar surface area (TPSA) is 77.4 Å². The van der Waals surface area contributed by atoms with Crippen LogP contribution in [0.1, 0.15) is 119 Å². The number of nitrogens with one attached hydrogen (secondary N) is 1. The molecule has 3 aliphatic rings. The van der Waals surface area contributed by atoms with E-state index < -0.39 is 9.84 Å². The zero-order valence-corrected chi connectivity index (χ0v) is 26.7. The molecule has 7 heteroatoms. The van der Waals surface area contributed by atoms with E-state index >= 15 is 0 Å². The summed E-state index contributed by atoms with van der Waals surface area (Å²) in [5.74, 6) is 1.90. The molecule has 1 N–H and O–H groups in total. The number of benzene rings is 1. The predicted octanol–water partition coefficient (Wildman–Crippen LogP) is 7.10. The van der Waals surface area contributed by atoms with Crippen molar-refractivity contribution in [2.24, 2.45) is 5.92 Å². The number of amides is 1. The molecule has 2 aromatic rings. The van der Waals surface area contributed by atoms with Crippen LogP contribution in [-0.4, -0.2) is 44.1 Å². The van der Waals surface area contributed by atoms with Crippen LogP contribution in [0.2, 0.25) is 0 Å². The first-order chi connectivity index (χ1) is 19.4. The number of fused-ring (bicyclic) bond motifs is 2. The molecule has 0 saturated heterocycles. The Kier molecular flexibility index (Phi) is 8.67. The molecule has 1 aliphatic heterocycles. The summed E-state index contributed by atoms with van der Waals surface area (Å²) in [4.78, 5) is 13.5. The number of ether oxygens (including phenoxy) is 1. The molecule has 2 aliphatic carbocycles. The maximum atomic E-state index is 13.5. The Bertz CT molecular complexity index is 1360. The quantitative estimate of drug-likeness (QED) is 0.303. The van der Waals surface area contributed by atoms with Crippen LogP contribution in [0.15, 0.2) is 18.2 Å². The summed E-state index contributed by atoms with van der Waals surface area (Å²) >= 11 is 0. The van der Waals surface area contributed by atoms with E-state index in [0.29, 0.717) is 18.9 Å². The van der Waals surface area contributed by atoms with Gasteiger partial charge in [0.05, 0.1) is 12.2 Å². The van der Waals surface area contributed by atoms with Gasteiger partial charge in [0.15, 0.2) is 0 Å². The molecule has 1 aromatic carbocycles. The van der Waals surface area contributed by atoms with E-state index in [1.807, 2.05) is 0 Å². The van der Waals surface area contributed by atoms with Crippen LogP contribution >= 0.6 is 0 Å². The molecule has 1 aromatic heterocycles. The van der Waals surface area contributed by atoms with Crippen LogP contribution in [0, 0.1) is 12.8 Å². The van der Waals surface area contributed by atoms with Crippen molar-refractivity contribution < 1.29 is 17.9 Å². The SMILES string of the molecule is Cc1c(C(=O)NCCCCCS(C)(=O)=O)cc(-c2cc(C(C)(C)C)c3c(c2)C2(CCO3)CC2)n1CC1CCCCC1. The van der Waals surface area contributed by atoms with E-state index in [0.717, 1.165) is 55.1 Å². The third-order valence-electron chi connectivity index (χ3n) is 9.70. The second-order valence-electron chi connectivity index (χ2n) is 14.1. The standard InChI is InChI=1S/C34H50N2O4S/c1-24-27(32(37)35-17-10-7-11-19-41(5,38)39)22-30(36(24)23-25-12-8-6-9-13-25)26-20-28(33(2,3)4)31-29(21-26)34(14-15-34)16-18-40-31/h20-22,25H,6-19,23H2,1-5H3,(H,35,37). The Balaban J connectivity index is 1.46. The summed E-state index contributed by atoms with van der Waals surface area (Å²) in [6.45, 7) is 11.2. The second kappa shape index (κ2) is 11.8. The fourth-order valence-electron chi connectivity index (χ4n) is 6.98. The fourth-order valence-corrected chi connectivity index (χ4v) is 7.71. The van der Waals surface area contributed by atoms with Gasteiger partial charge >= 0.3 is 0 Å². The first-order valence-electron chi connectivity index (χ1n) is 15.9. The van der Waals surface area contributed by atoms with E-state index in [9.17, 15) is 13.2 Å².